The number of nitrogens with zero attached hydrogens (tertiary/aromatic N) is 1. The number of nitrogens with one attached hydrogen (secondary N) is 1. The molecule has 1 rings (SSSR count). The monoisotopic (exact) mass is 152 g/mol. The molecule has 0 saturated carbocycles. The van der Waals surface area contributed by atoms with Crippen LogP contribution in [-0.4, -0.2) is 18.2 Å². The molecular formula is C8H12N2O. The first kappa shape index (κ1) is 7.98. The van der Waals surface area contributed by atoms with Gasteiger partial charge in [-0.25, -0.2) is 0 Å². The van der Waals surface area contributed by atoms with Crippen LogP contribution in [0, 0.1) is 5.92 Å². The Morgan fingerprint density at radius 3 is 2.91 bits per heavy atom. The summed E-state index contributed by atoms with van der Waals surface area (Å²) in [6, 6.07) is 0.116. The average molecular weight is 152 g/mol. The van der Waals surface area contributed by atoms with Crippen LogP contribution in [0.4, 0.5) is 0 Å². The van der Waals surface area contributed by atoms with E-state index >= 15 is 0 Å². The highest BCUT2D eigenvalue weighted by molar-refractivity contribution is 5.75. The SMILES string of the molecule is CC(=O)NC1C=CN=C[C@@H]1C. The van der Waals surface area contributed by atoms with E-state index in [1.54, 1.807) is 6.20 Å². The van der Waals surface area contributed by atoms with Crippen molar-refractivity contribution in [2.45, 2.75) is 19.9 Å². The Bertz CT molecular complexity index is 208. The van der Waals surface area contributed by atoms with Gasteiger partial charge in [-0.3, -0.25) is 9.79 Å². The zero-order valence-electron chi connectivity index (χ0n) is 6.74. The normalized spacial score (nSPS) is 28.5. The molecule has 0 radical (unpaired) electrons. The molecule has 3 nitrogen and oxygen atoms in total. The molecule has 0 aliphatic carbocycles. The van der Waals surface area contributed by atoms with Gasteiger partial charge < -0.3 is 5.32 Å². The second-order valence-corrected chi connectivity index (χ2v) is 2.73. The summed E-state index contributed by atoms with van der Waals surface area (Å²) in [6.45, 7) is 3.54. The van der Waals surface area contributed by atoms with Crippen LogP contribution in [0.25, 0.3) is 0 Å². The van der Waals surface area contributed by atoms with Crippen LogP contribution in [0.1, 0.15) is 13.8 Å². The van der Waals surface area contributed by atoms with E-state index in [9.17, 15) is 4.79 Å². The maximum Gasteiger partial charge on any atom is 0.217 e. The van der Waals surface area contributed by atoms with Gasteiger partial charge in [0.15, 0.2) is 0 Å². The Morgan fingerprint density at radius 1 is 1.64 bits per heavy atom. The molecule has 0 saturated heterocycles. The topological polar surface area (TPSA) is 41.5 Å². The minimum atomic E-state index is 0.00167. The Hall–Kier alpha value is -1.12. The molecule has 1 aliphatic heterocycles. The number of carbonyl (C=O) groups is 1. The first-order valence-electron chi connectivity index (χ1n) is 3.67. The average Bonchev–Trinajstić information content (AvgIpc) is 1.93. The molecule has 3 heteroatoms. The van der Waals surface area contributed by atoms with Crippen molar-refractivity contribution in [2.75, 3.05) is 0 Å². The van der Waals surface area contributed by atoms with Crippen LogP contribution in [0.5, 0.6) is 0 Å². The van der Waals surface area contributed by atoms with Gasteiger partial charge in [0.1, 0.15) is 0 Å². The van der Waals surface area contributed by atoms with E-state index in [-0.39, 0.29) is 11.9 Å². The van der Waals surface area contributed by atoms with Gasteiger partial charge >= 0.3 is 0 Å². The van der Waals surface area contributed by atoms with Crippen LogP contribution >= 0.6 is 0 Å². The van der Waals surface area contributed by atoms with Crippen molar-refractivity contribution in [1.82, 2.24) is 5.32 Å². The maximum atomic E-state index is 10.7. The lowest BCUT2D eigenvalue weighted by Crippen LogP contribution is -2.37. The van der Waals surface area contributed by atoms with E-state index in [2.05, 4.69) is 10.3 Å². The first-order chi connectivity index (χ1) is 5.20. The van der Waals surface area contributed by atoms with Crippen LogP contribution < -0.4 is 5.32 Å². The smallest absolute Gasteiger partial charge is 0.217 e. The van der Waals surface area contributed by atoms with Crippen LogP contribution in [0.15, 0.2) is 17.3 Å². The standard InChI is InChI=1S/C8H12N2O/c1-6-5-9-4-3-8(6)10-7(2)11/h3-6,8H,1-2H3,(H,10,11)/t6-,8?/m0/s1. The summed E-state index contributed by atoms with van der Waals surface area (Å²) in [5.41, 5.74) is 0. The number of amides is 1. The van der Waals surface area contributed by atoms with E-state index in [1.165, 1.54) is 6.92 Å². The van der Waals surface area contributed by atoms with Gasteiger partial charge in [0.2, 0.25) is 5.91 Å². The molecule has 2 atom stereocenters. The molecule has 0 bridgehead atoms. The Kier molecular flexibility index (Phi) is 2.41. The summed E-state index contributed by atoms with van der Waals surface area (Å²) in [7, 11) is 0. The molecule has 1 amide bonds. The Balaban J connectivity index is 2.52. The van der Waals surface area contributed by atoms with Crippen molar-refractivity contribution in [3.63, 3.8) is 0 Å². The van der Waals surface area contributed by atoms with Gasteiger partial charge in [-0.05, 0) is 6.08 Å². The predicted molar refractivity (Wildman–Crippen MR) is 44.4 cm³/mol. The molecule has 0 aromatic heterocycles. The van der Waals surface area contributed by atoms with E-state index in [0.717, 1.165) is 0 Å². The number of rotatable bonds is 1. The third kappa shape index (κ3) is 2.18. The zero-order valence-corrected chi connectivity index (χ0v) is 6.74. The zero-order chi connectivity index (χ0) is 8.27. The van der Waals surface area contributed by atoms with Crippen molar-refractivity contribution in [3.05, 3.63) is 12.3 Å². The second-order valence-electron chi connectivity index (χ2n) is 2.73. The van der Waals surface area contributed by atoms with Gasteiger partial charge in [0.05, 0.1) is 6.04 Å². The molecule has 0 aromatic carbocycles. The van der Waals surface area contributed by atoms with E-state index in [4.69, 9.17) is 0 Å². The molecule has 0 aromatic rings. The number of aliphatic imine (C=N–C) groups is 1. The largest absolute Gasteiger partial charge is 0.349 e. The molecule has 1 heterocycles. The number of carbonyl (C=O) groups excluding carboxylic acids is 1. The van der Waals surface area contributed by atoms with Gasteiger partial charge in [-0.1, -0.05) is 6.92 Å². The Labute approximate surface area is 66.2 Å². The van der Waals surface area contributed by atoms with E-state index in [0.29, 0.717) is 5.92 Å². The van der Waals surface area contributed by atoms with Gasteiger partial charge in [0.25, 0.3) is 0 Å². The summed E-state index contributed by atoms with van der Waals surface area (Å²) in [6.07, 6.45) is 5.44. The third-order valence-corrected chi connectivity index (χ3v) is 1.64. The van der Waals surface area contributed by atoms with Crippen molar-refractivity contribution >= 4 is 12.1 Å². The van der Waals surface area contributed by atoms with Crippen LogP contribution in [0.3, 0.4) is 0 Å². The summed E-state index contributed by atoms with van der Waals surface area (Å²) < 4.78 is 0. The van der Waals surface area contributed by atoms with Crippen molar-refractivity contribution in [1.29, 1.82) is 0 Å². The van der Waals surface area contributed by atoms with Crippen molar-refractivity contribution in [2.24, 2.45) is 10.9 Å². The van der Waals surface area contributed by atoms with Gasteiger partial charge in [-0.15, -0.1) is 0 Å². The summed E-state index contributed by atoms with van der Waals surface area (Å²) in [5, 5.41) is 2.81. The number of hydrogen-bond acceptors (Lipinski definition) is 2. The molecule has 0 spiro atoms. The summed E-state index contributed by atoms with van der Waals surface area (Å²) >= 11 is 0. The molecule has 1 N–H and O–H groups in total. The minimum Gasteiger partial charge on any atom is -0.349 e. The molecule has 1 unspecified atom stereocenters. The lowest BCUT2D eigenvalue weighted by molar-refractivity contribution is -0.119. The van der Waals surface area contributed by atoms with Crippen molar-refractivity contribution < 1.29 is 4.79 Å². The third-order valence-electron chi connectivity index (χ3n) is 1.64. The molecular weight excluding hydrogens is 140 g/mol. The fourth-order valence-electron chi connectivity index (χ4n) is 1.01. The fraction of sp³-hybridized carbons (Fsp3) is 0.500. The molecule has 60 valence electrons. The lowest BCUT2D eigenvalue weighted by atomic mass is 10.0. The highest BCUT2D eigenvalue weighted by atomic mass is 16.1. The van der Waals surface area contributed by atoms with Crippen LogP contribution in [-0.2, 0) is 4.79 Å². The summed E-state index contributed by atoms with van der Waals surface area (Å²) in [4.78, 5) is 14.6. The highest BCUT2D eigenvalue weighted by Gasteiger charge is 2.14. The quantitative estimate of drug-likeness (QED) is 0.591. The van der Waals surface area contributed by atoms with Crippen LogP contribution in [0.2, 0.25) is 0 Å². The second kappa shape index (κ2) is 3.32. The first-order valence-corrected chi connectivity index (χ1v) is 3.67. The van der Waals surface area contributed by atoms with E-state index in [1.807, 2.05) is 19.2 Å². The van der Waals surface area contributed by atoms with Crippen molar-refractivity contribution in [3.8, 4) is 0 Å². The maximum absolute atomic E-state index is 10.7. The van der Waals surface area contributed by atoms with E-state index < -0.39 is 0 Å². The highest BCUT2D eigenvalue weighted by Crippen LogP contribution is 2.06. The Morgan fingerprint density at radius 2 is 2.36 bits per heavy atom. The summed E-state index contributed by atoms with van der Waals surface area (Å²) in [5.74, 6) is 0.297. The lowest BCUT2D eigenvalue weighted by Gasteiger charge is -2.19. The molecule has 1 aliphatic rings. The molecule has 11 heavy (non-hydrogen) atoms. The minimum absolute atomic E-state index is 0.00167. The fourth-order valence-corrected chi connectivity index (χ4v) is 1.01. The van der Waals surface area contributed by atoms with Gasteiger partial charge in [-0.2, -0.15) is 0 Å². The number of hydrogen-bond donors (Lipinski definition) is 1. The van der Waals surface area contributed by atoms with Gasteiger partial charge in [0, 0.05) is 25.3 Å². The predicted octanol–water partition coefficient (Wildman–Crippen LogP) is 0.725. The molecule has 0 fully saturated rings.